The van der Waals surface area contributed by atoms with E-state index < -0.39 is 0 Å². The molecule has 1 fully saturated rings. The first-order valence-electron chi connectivity index (χ1n) is 10.5. The second-order valence-electron chi connectivity index (χ2n) is 7.97. The van der Waals surface area contributed by atoms with Crippen molar-refractivity contribution in [1.29, 1.82) is 0 Å². The summed E-state index contributed by atoms with van der Waals surface area (Å²) in [4.78, 5) is 33.1. The van der Waals surface area contributed by atoms with Gasteiger partial charge in [0.25, 0.3) is 11.5 Å². The van der Waals surface area contributed by atoms with Crippen LogP contribution in [0.3, 0.4) is 0 Å². The van der Waals surface area contributed by atoms with Crippen molar-refractivity contribution in [3.63, 3.8) is 0 Å². The second kappa shape index (κ2) is 8.61. The molecule has 7 nitrogen and oxygen atoms in total. The quantitative estimate of drug-likeness (QED) is 0.500. The van der Waals surface area contributed by atoms with E-state index in [9.17, 15) is 9.59 Å². The van der Waals surface area contributed by atoms with Gasteiger partial charge in [0.2, 0.25) is 0 Å². The summed E-state index contributed by atoms with van der Waals surface area (Å²) in [7, 11) is 7.00. The topological polar surface area (TPSA) is 58.0 Å². The zero-order valence-corrected chi connectivity index (χ0v) is 21.5. The summed E-state index contributed by atoms with van der Waals surface area (Å²) in [6, 6.07) is 15.6. The third-order valence-electron chi connectivity index (χ3n) is 5.92. The van der Waals surface area contributed by atoms with Gasteiger partial charge >= 0.3 is 0 Å². The highest BCUT2D eigenvalue weighted by molar-refractivity contribution is 8.08. The van der Waals surface area contributed by atoms with E-state index in [1.165, 1.54) is 16.2 Å². The molecule has 10 heteroatoms. The Morgan fingerprint density at radius 2 is 1.71 bits per heavy atom. The molecular formula is C24H22N4O3S3. The fourth-order valence-corrected chi connectivity index (χ4v) is 6.71. The molecule has 2 aliphatic rings. The Morgan fingerprint density at radius 3 is 2.35 bits per heavy atom. The molecule has 5 rings (SSSR count). The number of fused-ring (bicyclic) bond motifs is 1. The Labute approximate surface area is 210 Å². The van der Waals surface area contributed by atoms with Gasteiger partial charge in [-0.15, -0.1) is 11.3 Å². The SMILES string of the molecule is COc1ccc2c(c1)N(C)/C(=c1/s/c(=C3/C(=O)N(C)C(=S)N3C)n(Cc3ccccc3)c1=O)S2. The zero-order valence-electron chi connectivity index (χ0n) is 19.1. The largest absolute Gasteiger partial charge is 0.497 e. The Hall–Kier alpha value is -3.08. The van der Waals surface area contributed by atoms with E-state index in [4.69, 9.17) is 17.0 Å². The monoisotopic (exact) mass is 510 g/mol. The van der Waals surface area contributed by atoms with Crippen molar-refractivity contribution in [2.24, 2.45) is 0 Å². The van der Waals surface area contributed by atoms with Crippen LogP contribution in [0.4, 0.5) is 5.69 Å². The first kappa shape index (κ1) is 22.7. The maximum Gasteiger partial charge on any atom is 0.279 e. The molecule has 0 unspecified atom stereocenters. The van der Waals surface area contributed by atoms with Crippen LogP contribution >= 0.6 is 35.3 Å². The summed E-state index contributed by atoms with van der Waals surface area (Å²) < 4.78 is 8.25. The van der Waals surface area contributed by atoms with Crippen molar-refractivity contribution in [3.05, 3.63) is 73.6 Å². The molecule has 3 aromatic rings. The second-order valence-corrected chi connectivity index (χ2v) is 10.4. The lowest BCUT2D eigenvalue weighted by molar-refractivity contribution is -0.120. The minimum atomic E-state index is -0.215. The predicted molar refractivity (Wildman–Crippen MR) is 141 cm³/mol. The van der Waals surface area contributed by atoms with E-state index in [1.54, 1.807) is 42.4 Å². The van der Waals surface area contributed by atoms with Gasteiger partial charge in [0.15, 0.2) is 5.11 Å². The third-order valence-corrected chi connectivity index (χ3v) is 9.01. The molecule has 0 radical (unpaired) electrons. The fraction of sp³-hybridized carbons (Fsp3) is 0.208. The van der Waals surface area contributed by atoms with Crippen LogP contribution in [0.2, 0.25) is 0 Å². The van der Waals surface area contributed by atoms with Crippen LogP contribution in [0.5, 0.6) is 5.75 Å². The highest BCUT2D eigenvalue weighted by Gasteiger charge is 2.35. The summed E-state index contributed by atoms with van der Waals surface area (Å²) in [6.07, 6.45) is 0. The van der Waals surface area contributed by atoms with Crippen molar-refractivity contribution >= 4 is 62.7 Å². The minimum Gasteiger partial charge on any atom is -0.497 e. The predicted octanol–water partition coefficient (Wildman–Crippen LogP) is 2.07. The van der Waals surface area contributed by atoms with Gasteiger partial charge < -0.3 is 14.5 Å². The summed E-state index contributed by atoms with van der Waals surface area (Å²) in [6.45, 7) is 0.356. The molecule has 1 saturated heterocycles. The number of nitrogens with zero attached hydrogens (tertiary/aromatic N) is 4. The Bertz CT molecular complexity index is 1510. The zero-order chi connectivity index (χ0) is 24.1. The van der Waals surface area contributed by atoms with Crippen LogP contribution in [0.1, 0.15) is 5.56 Å². The number of benzene rings is 2. The van der Waals surface area contributed by atoms with E-state index in [1.807, 2.05) is 60.5 Å². The third kappa shape index (κ3) is 3.53. The van der Waals surface area contributed by atoms with Crippen LogP contribution in [0.25, 0.3) is 10.7 Å². The van der Waals surface area contributed by atoms with Gasteiger partial charge in [-0.25, -0.2) is 0 Å². The normalized spacial score (nSPS) is 18.8. The number of amides is 1. The molecule has 174 valence electrons. The van der Waals surface area contributed by atoms with Crippen LogP contribution in [0.15, 0.2) is 58.2 Å². The maximum atomic E-state index is 13.8. The molecule has 0 saturated carbocycles. The van der Waals surface area contributed by atoms with Crippen LogP contribution in [-0.4, -0.2) is 53.6 Å². The molecule has 34 heavy (non-hydrogen) atoms. The van der Waals surface area contributed by atoms with Gasteiger partial charge in [0.1, 0.15) is 25.7 Å². The molecule has 0 aliphatic carbocycles. The van der Waals surface area contributed by atoms with E-state index in [2.05, 4.69) is 0 Å². The Morgan fingerprint density at radius 1 is 0.971 bits per heavy atom. The number of thioether (sulfide) groups is 1. The van der Waals surface area contributed by atoms with Gasteiger partial charge in [-0.1, -0.05) is 42.1 Å². The number of carbonyl (C=O) groups is 1. The summed E-state index contributed by atoms with van der Waals surface area (Å²) >= 11 is 8.30. The summed E-state index contributed by atoms with van der Waals surface area (Å²) in [5.41, 5.74) is 2.24. The number of rotatable bonds is 3. The number of carbonyl (C=O) groups excluding carboxylic acids is 1. The van der Waals surface area contributed by atoms with Gasteiger partial charge in [-0.2, -0.15) is 0 Å². The Kier molecular flexibility index (Phi) is 5.75. The number of methoxy groups -OCH3 is 1. The number of ether oxygens (including phenoxy) is 1. The first-order valence-corrected chi connectivity index (χ1v) is 12.5. The number of hydrogen-bond acceptors (Lipinski definition) is 7. The van der Waals surface area contributed by atoms with Crippen molar-refractivity contribution in [2.45, 2.75) is 11.4 Å². The average Bonchev–Trinajstić information content (AvgIpc) is 3.40. The van der Waals surface area contributed by atoms with Gasteiger partial charge in [-0.05, 0) is 29.9 Å². The standard InChI is InChI=1S/C24H22N4O3S3/c1-25-16-12-15(31-4)10-11-17(16)33-23(25)19-21(30)28(13-14-8-6-5-7-9-14)22(34-19)18-20(29)27(3)24(32)26(18)2/h5-12H,13H2,1-4H3/b22-18-,23-19-. The molecule has 3 heterocycles. The minimum absolute atomic E-state index is 0.132. The maximum absolute atomic E-state index is 13.8. The number of thiazole rings is 1. The van der Waals surface area contributed by atoms with E-state index in [-0.39, 0.29) is 11.5 Å². The van der Waals surface area contributed by atoms with Crippen molar-refractivity contribution in [1.82, 2.24) is 14.4 Å². The summed E-state index contributed by atoms with van der Waals surface area (Å²) in [5, 5.41) is 1.24. The van der Waals surface area contributed by atoms with Crippen LogP contribution in [-0.2, 0) is 11.3 Å². The molecule has 1 amide bonds. The van der Waals surface area contributed by atoms with E-state index >= 15 is 0 Å². The molecule has 2 aromatic carbocycles. The molecular weight excluding hydrogens is 488 g/mol. The highest BCUT2D eigenvalue weighted by atomic mass is 32.2. The number of thiocarbonyl (C=S) groups is 1. The number of likely N-dealkylation sites (N-methyl/N-ethyl adjacent to an activating group) is 2. The molecule has 0 atom stereocenters. The molecule has 2 aliphatic heterocycles. The number of aromatic nitrogens is 1. The lowest BCUT2D eigenvalue weighted by Crippen LogP contribution is -2.36. The highest BCUT2D eigenvalue weighted by Crippen LogP contribution is 2.46. The smallest absolute Gasteiger partial charge is 0.279 e. The lowest BCUT2D eigenvalue weighted by atomic mass is 10.2. The molecule has 0 spiro atoms. The average molecular weight is 511 g/mol. The van der Waals surface area contributed by atoms with Crippen LogP contribution in [0, 0.1) is 0 Å². The number of hydrogen-bond donors (Lipinski definition) is 0. The van der Waals surface area contributed by atoms with Gasteiger partial charge in [-0.3, -0.25) is 19.1 Å². The van der Waals surface area contributed by atoms with E-state index in [0.717, 1.165) is 26.9 Å². The molecule has 1 aromatic heterocycles. The van der Waals surface area contributed by atoms with Crippen molar-refractivity contribution in [3.8, 4) is 5.75 Å². The number of anilines is 1. The van der Waals surface area contributed by atoms with E-state index in [0.29, 0.717) is 26.5 Å². The Balaban J connectivity index is 1.78. The van der Waals surface area contributed by atoms with Gasteiger partial charge in [0, 0.05) is 32.1 Å². The van der Waals surface area contributed by atoms with Crippen molar-refractivity contribution < 1.29 is 9.53 Å². The molecule has 0 bridgehead atoms. The lowest BCUT2D eigenvalue weighted by Gasteiger charge is -2.13. The van der Waals surface area contributed by atoms with Crippen molar-refractivity contribution in [2.75, 3.05) is 33.2 Å². The fourth-order valence-electron chi connectivity index (χ4n) is 4.03. The summed E-state index contributed by atoms with van der Waals surface area (Å²) in [5.74, 6) is 0.540. The van der Waals surface area contributed by atoms with Gasteiger partial charge in [0.05, 0.1) is 19.3 Å². The molecule has 0 N–H and O–H groups in total. The first-order chi connectivity index (χ1) is 16.3. The van der Waals surface area contributed by atoms with Crippen LogP contribution < -0.4 is 24.4 Å².